The van der Waals surface area contributed by atoms with Crippen LogP contribution in [0.5, 0.6) is 5.75 Å². The third-order valence-corrected chi connectivity index (χ3v) is 5.48. The van der Waals surface area contributed by atoms with E-state index in [0.717, 1.165) is 11.3 Å². The lowest BCUT2D eigenvalue weighted by Crippen LogP contribution is -2.29. The van der Waals surface area contributed by atoms with Crippen LogP contribution in [-0.2, 0) is 0 Å². The number of nitrogens with zero attached hydrogens (tertiary/aromatic N) is 1. The maximum Gasteiger partial charge on any atom is 0.265 e. The monoisotopic (exact) mass is 394 g/mol. The van der Waals surface area contributed by atoms with Gasteiger partial charge in [0.25, 0.3) is 11.8 Å². The van der Waals surface area contributed by atoms with Crippen molar-refractivity contribution in [2.24, 2.45) is 0 Å². The van der Waals surface area contributed by atoms with Gasteiger partial charge >= 0.3 is 0 Å². The molecule has 0 saturated carbocycles. The minimum Gasteiger partial charge on any atom is -0.497 e. The van der Waals surface area contributed by atoms with E-state index in [1.54, 1.807) is 49.4 Å². The predicted octanol–water partition coefficient (Wildman–Crippen LogP) is 4.84. The molecule has 3 rings (SSSR count). The summed E-state index contributed by atoms with van der Waals surface area (Å²) in [6.45, 7) is 1.97. The average molecular weight is 394 g/mol. The van der Waals surface area contributed by atoms with Gasteiger partial charge in [0.2, 0.25) is 0 Å². The molecule has 0 radical (unpaired) electrons. The van der Waals surface area contributed by atoms with E-state index in [2.05, 4.69) is 5.32 Å². The molecule has 1 atom stereocenters. The third kappa shape index (κ3) is 4.40. The van der Waals surface area contributed by atoms with Crippen LogP contribution in [0.15, 0.2) is 66.0 Å². The molecular formula is C22H22N2O3S. The van der Waals surface area contributed by atoms with Crippen LogP contribution in [0.25, 0.3) is 0 Å². The van der Waals surface area contributed by atoms with Crippen LogP contribution in [0.3, 0.4) is 0 Å². The summed E-state index contributed by atoms with van der Waals surface area (Å²) in [5, 5.41) is 4.69. The summed E-state index contributed by atoms with van der Waals surface area (Å²) in [6, 6.07) is 18.1. The molecule has 3 aromatic rings. The number of hydrogen-bond donors (Lipinski definition) is 1. The first kappa shape index (κ1) is 19.6. The predicted molar refractivity (Wildman–Crippen MR) is 112 cm³/mol. The molecule has 0 fully saturated rings. The van der Waals surface area contributed by atoms with Gasteiger partial charge in [0.15, 0.2) is 0 Å². The first-order valence-electron chi connectivity index (χ1n) is 8.85. The van der Waals surface area contributed by atoms with E-state index in [9.17, 15) is 9.59 Å². The van der Waals surface area contributed by atoms with E-state index >= 15 is 0 Å². The van der Waals surface area contributed by atoms with Crippen molar-refractivity contribution in [2.45, 2.75) is 13.0 Å². The fourth-order valence-corrected chi connectivity index (χ4v) is 3.43. The Morgan fingerprint density at radius 1 is 1.07 bits per heavy atom. The van der Waals surface area contributed by atoms with Crippen LogP contribution in [-0.4, -0.2) is 30.9 Å². The summed E-state index contributed by atoms with van der Waals surface area (Å²) < 4.78 is 5.18. The highest BCUT2D eigenvalue weighted by Crippen LogP contribution is 2.24. The second-order valence-electron chi connectivity index (χ2n) is 6.38. The van der Waals surface area contributed by atoms with Crippen molar-refractivity contribution < 1.29 is 14.3 Å². The maximum atomic E-state index is 12.9. The molecular weight excluding hydrogens is 372 g/mol. The molecule has 0 aliphatic heterocycles. The molecule has 2 amide bonds. The molecule has 0 spiro atoms. The zero-order valence-corrected chi connectivity index (χ0v) is 16.8. The zero-order valence-electron chi connectivity index (χ0n) is 16.0. The fourth-order valence-electron chi connectivity index (χ4n) is 2.82. The topological polar surface area (TPSA) is 58.6 Å². The number of rotatable bonds is 6. The number of anilines is 1. The molecule has 0 aliphatic carbocycles. The Labute approximate surface area is 168 Å². The number of nitrogens with one attached hydrogen (secondary N) is 1. The summed E-state index contributed by atoms with van der Waals surface area (Å²) >= 11 is 1.37. The molecule has 28 heavy (non-hydrogen) atoms. The van der Waals surface area contributed by atoms with Gasteiger partial charge in [-0.15, -0.1) is 11.3 Å². The smallest absolute Gasteiger partial charge is 0.265 e. The molecule has 0 saturated heterocycles. The Balaban J connectivity index is 1.73. The van der Waals surface area contributed by atoms with Gasteiger partial charge in [-0.05, 0) is 54.3 Å². The molecule has 1 N–H and O–H groups in total. The molecule has 6 heteroatoms. The number of thiophene rings is 1. The minimum absolute atomic E-state index is 0.109. The Morgan fingerprint density at radius 3 is 2.46 bits per heavy atom. The average Bonchev–Trinajstić information content (AvgIpc) is 3.27. The quantitative estimate of drug-likeness (QED) is 0.651. The SMILES string of the molecule is COc1ccc(C(C)N(C)C(=O)c2cccc(NC(=O)c3cccs3)c2)cc1. The number of amides is 2. The molecule has 0 bridgehead atoms. The highest BCUT2D eigenvalue weighted by atomic mass is 32.1. The third-order valence-electron chi connectivity index (χ3n) is 4.61. The lowest BCUT2D eigenvalue weighted by atomic mass is 10.1. The number of hydrogen-bond acceptors (Lipinski definition) is 4. The number of carbonyl (C=O) groups excluding carboxylic acids is 2. The van der Waals surface area contributed by atoms with Crippen LogP contribution in [0.1, 0.15) is 38.6 Å². The summed E-state index contributed by atoms with van der Waals surface area (Å²) in [4.78, 5) is 27.5. The molecule has 5 nitrogen and oxygen atoms in total. The highest BCUT2D eigenvalue weighted by molar-refractivity contribution is 7.12. The second-order valence-corrected chi connectivity index (χ2v) is 7.33. The van der Waals surface area contributed by atoms with Crippen LogP contribution in [0.4, 0.5) is 5.69 Å². The Hall–Kier alpha value is -3.12. The molecule has 1 heterocycles. The summed E-state index contributed by atoms with van der Waals surface area (Å²) in [6.07, 6.45) is 0. The summed E-state index contributed by atoms with van der Waals surface area (Å²) in [5.74, 6) is 0.481. The van der Waals surface area contributed by atoms with Gasteiger partial charge in [-0.1, -0.05) is 24.3 Å². The van der Waals surface area contributed by atoms with Crippen molar-refractivity contribution in [1.29, 1.82) is 0 Å². The fraction of sp³-hybridized carbons (Fsp3) is 0.182. The Bertz CT molecular complexity index is 952. The van der Waals surface area contributed by atoms with Crippen LogP contribution in [0.2, 0.25) is 0 Å². The van der Waals surface area contributed by atoms with Crippen molar-refractivity contribution >= 4 is 28.8 Å². The van der Waals surface area contributed by atoms with Crippen LogP contribution in [0, 0.1) is 0 Å². The van der Waals surface area contributed by atoms with E-state index in [4.69, 9.17) is 4.74 Å². The van der Waals surface area contributed by atoms with Gasteiger partial charge in [-0.2, -0.15) is 0 Å². The van der Waals surface area contributed by atoms with Gasteiger partial charge in [0.05, 0.1) is 18.0 Å². The first-order valence-corrected chi connectivity index (χ1v) is 9.73. The van der Waals surface area contributed by atoms with Crippen LogP contribution < -0.4 is 10.1 Å². The largest absolute Gasteiger partial charge is 0.497 e. The van der Waals surface area contributed by atoms with Crippen molar-refractivity contribution in [3.63, 3.8) is 0 Å². The molecule has 1 aromatic heterocycles. The van der Waals surface area contributed by atoms with Gasteiger partial charge < -0.3 is 15.0 Å². The van der Waals surface area contributed by atoms with E-state index in [1.807, 2.05) is 42.6 Å². The summed E-state index contributed by atoms with van der Waals surface area (Å²) in [7, 11) is 3.40. The van der Waals surface area contributed by atoms with E-state index in [0.29, 0.717) is 16.1 Å². The van der Waals surface area contributed by atoms with E-state index in [1.165, 1.54) is 11.3 Å². The van der Waals surface area contributed by atoms with Gasteiger partial charge in [0, 0.05) is 18.3 Å². The van der Waals surface area contributed by atoms with Gasteiger partial charge in [-0.25, -0.2) is 0 Å². The van der Waals surface area contributed by atoms with Gasteiger partial charge in [0.1, 0.15) is 5.75 Å². The first-order chi connectivity index (χ1) is 13.5. The number of carbonyl (C=O) groups is 2. The second kappa shape index (κ2) is 8.71. The van der Waals surface area contributed by atoms with Crippen molar-refractivity contribution in [3.8, 4) is 5.75 Å². The van der Waals surface area contributed by atoms with E-state index < -0.39 is 0 Å². The zero-order chi connectivity index (χ0) is 20.1. The normalized spacial score (nSPS) is 11.5. The van der Waals surface area contributed by atoms with Crippen molar-refractivity contribution in [3.05, 3.63) is 82.0 Å². The minimum atomic E-state index is -0.181. The van der Waals surface area contributed by atoms with E-state index in [-0.39, 0.29) is 17.9 Å². The van der Waals surface area contributed by atoms with Gasteiger partial charge in [-0.3, -0.25) is 9.59 Å². The number of benzene rings is 2. The summed E-state index contributed by atoms with van der Waals surface area (Å²) in [5.41, 5.74) is 2.13. The highest BCUT2D eigenvalue weighted by Gasteiger charge is 2.19. The van der Waals surface area contributed by atoms with Crippen molar-refractivity contribution in [2.75, 3.05) is 19.5 Å². The maximum absolute atomic E-state index is 12.9. The van der Waals surface area contributed by atoms with Crippen molar-refractivity contribution in [1.82, 2.24) is 4.90 Å². The van der Waals surface area contributed by atoms with Crippen LogP contribution >= 0.6 is 11.3 Å². The molecule has 0 aliphatic rings. The standard InChI is InChI=1S/C22H22N2O3S/c1-15(16-9-11-19(27-3)12-10-16)24(2)22(26)17-6-4-7-18(14-17)23-21(25)20-8-5-13-28-20/h4-15H,1-3H3,(H,23,25). The molecule has 2 aromatic carbocycles. The lowest BCUT2D eigenvalue weighted by Gasteiger charge is -2.25. The lowest BCUT2D eigenvalue weighted by molar-refractivity contribution is 0.0742. The molecule has 144 valence electrons. The number of ether oxygens (including phenoxy) is 1. The molecule has 1 unspecified atom stereocenters. The Kier molecular flexibility index (Phi) is 6.11. The Morgan fingerprint density at radius 2 is 1.82 bits per heavy atom. The number of methoxy groups -OCH3 is 1.